The number of esters is 12. The lowest BCUT2D eigenvalue weighted by molar-refractivity contribution is -0.225. The van der Waals surface area contributed by atoms with Gasteiger partial charge in [-0.2, -0.15) is 16.8 Å². The van der Waals surface area contributed by atoms with Gasteiger partial charge in [-0.3, -0.25) is 37.1 Å². The van der Waals surface area contributed by atoms with E-state index in [4.69, 9.17) is 74.7 Å². The fraction of sp³-hybridized carbons (Fsp3) is 0.808. The van der Waals surface area contributed by atoms with E-state index < -0.39 is 156 Å². The second-order valence-electron chi connectivity index (χ2n) is 47.2. The number of hydrogen-bond donors (Lipinski definition) is 2. The molecule has 22 rings (SSSR count). The van der Waals surface area contributed by atoms with Gasteiger partial charge in [0.1, 0.15) is 59.0 Å². The first kappa shape index (κ1) is 109. The normalized spacial score (nSPS) is 37.6. The number of rotatable bonds is 24. The Labute approximate surface area is 824 Å². The number of carbonyl (C=O) groups excluding carboxylic acids is 12. The van der Waals surface area contributed by atoms with E-state index in [-0.39, 0.29) is 129 Å². The number of hydrogen-bond acceptors (Lipinski definition) is 34. The Morgan fingerprint density at radius 2 is 0.729 bits per heavy atom. The highest BCUT2D eigenvalue weighted by Gasteiger charge is 2.70. The van der Waals surface area contributed by atoms with Gasteiger partial charge in [0.25, 0.3) is 20.2 Å². The van der Waals surface area contributed by atoms with Crippen LogP contribution in [0, 0.1) is 80.8 Å². The number of ether oxygens (including phenoxy) is 14. The monoisotopic (exact) mass is 2010 g/mol. The molecule has 24 atom stereocenters. The van der Waals surface area contributed by atoms with E-state index in [0.717, 1.165) is 89.9 Å². The summed E-state index contributed by atoms with van der Waals surface area (Å²) in [5, 5.41) is 20.3. The molecule has 14 saturated carbocycles. The molecule has 0 aromatic rings. The minimum absolute atomic E-state index is 0.00284. The van der Waals surface area contributed by atoms with Crippen molar-refractivity contribution in [2.24, 2.45) is 80.8 Å². The first-order valence-electron chi connectivity index (χ1n) is 50.8. The molecule has 8 heterocycles. The van der Waals surface area contributed by atoms with Crippen LogP contribution >= 0.6 is 0 Å². The molecule has 0 radical (unpaired) electrons. The van der Waals surface area contributed by atoms with Gasteiger partial charge in [0.2, 0.25) is 0 Å². The third kappa shape index (κ3) is 23.8. The van der Waals surface area contributed by atoms with Crippen molar-refractivity contribution in [3.8, 4) is 0 Å². The van der Waals surface area contributed by atoms with Crippen LogP contribution in [0.2, 0.25) is 0 Å². The molecule has 22 fully saturated rings. The van der Waals surface area contributed by atoms with Crippen molar-refractivity contribution in [1.29, 1.82) is 0 Å². The predicted molar refractivity (Wildman–Crippen MR) is 501 cm³/mol. The zero-order valence-electron chi connectivity index (χ0n) is 85.1. The van der Waals surface area contributed by atoms with Crippen LogP contribution in [0.15, 0.2) is 48.6 Å². The minimum Gasteiger partial charge on any atom is -0.459 e. The standard InChI is InChI=1S/C16H26O3.C15H22O7S.C14H20O3.C13H16O7S.C13H18O5.C12H22O2.C11H12O5.C10H16O2/c1-4-14(2,3)13(17)19-16-8-11-5-12(9-16)7-15(18,6-11)10-16;1-4-15(2,3)14(17)20-7-11(16)21-12-8-5-9-10(6-8)23(18,19)22-13(9)12;1-9(2)12(15)17-14-6-10-3-11(7-14)5-13(16,4-10)8-14;1-6(2)13(15)18-5-10(14)19-11-7-3-8-9(4-7)21(16,17)20-12(8)11;1-4-13(2,3)12(15)18-9-7-5-6-8(16-7)10(9)17-11(6)14;1-5-11(2,3)10(13)14-12(4)8-6-7-9-12;1-4(2)10(12)15-8-6-3-5-7(14-6)9(8)16-11(5)13;1-8(2)9(11)12-10(3)6-4-5-7-10/h11-12,18H,4-10H2,1-3H3;8-10,12-13H,4-7H2,1-3H3;10-11,16H,1,3-8H2,2H3;7-9,11-12H,1,3-5H2,2H3;6-10H,4-5H2,1-3H3;5-9H2,1-4H3;5-9H,1,3H2,2H3;1,4-7H2,2-3H3. The zero-order valence-corrected chi connectivity index (χ0v) is 86.7. The van der Waals surface area contributed by atoms with E-state index in [1.807, 2.05) is 76.2 Å². The molecule has 0 aromatic heterocycles. The van der Waals surface area contributed by atoms with E-state index in [9.17, 15) is 84.6 Å². The van der Waals surface area contributed by atoms with E-state index in [1.165, 1.54) is 45.4 Å². The van der Waals surface area contributed by atoms with Crippen LogP contribution in [0.25, 0.3) is 0 Å². The number of carbonyl (C=O) groups is 12. The lowest BCUT2D eigenvalue weighted by Crippen LogP contribution is -2.61. The summed E-state index contributed by atoms with van der Waals surface area (Å²) in [7, 11) is -7.05. The summed E-state index contributed by atoms with van der Waals surface area (Å²) in [6, 6.07) is 0. The van der Waals surface area contributed by atoms with Gasteiger partial charge in [0.15, 0.2) is 37.6 Å². The van der Waals surface area contributed by atoms with E-state index in [0.29, 0.717) is 105 Å². The highest BCUT2D eigenvalue weighted by Crippen LogP contribution is 2.63. The van der Waals surface area contributed by atoms with Crippen LogP contribution in [0.1, 0.15) is 317 Å². The Morgan fingerprint density at radius 3 is 1.11 bits per heavy atom. The van der Waals surface area contributed by atoms with Crippen molar-refractivity contribution in [2.75, 3.05) is 13.2 Å². The van der Waals surface area contributed by atoms with Crippen LogP contribution in [0.4, 0.5) is 0 Å². The Bertz CT molecular complexity index is 5000. The molecule has 784 valence electrons. The molecule has 0 amide bonds. The van der Waals surface area contributed by atoms with Crippen LogP contribution in [0.3, 0.4) is 0 Å². The van der Waals surface area contributed by atoms with Gasteiger partial charge >= 0.3 is 71.6 Å². The molecular weight excluding hydrogens is 1860 g/mol. The van der Waals surface area contributed by atoms with Crippen molar-refractivity contribution in [3.05, 3.63) is 48.6 Å². The first-order chi connectivity index (χ1) is 65.0. The molecule has 0 aromatic carbocycles. The summed E-state index contributed by atoms with van der Waals surface area (Å²) in [4.78, 5) is 140. The Balaban J connectivity index is 0.000000136. The predicted octanol–water partition coefficient (Wildman–Crippen LogP) is 13.4. The molecule has 8 saturated heterocycles. The third-order valence-corrected chi connectivity index (χ3v) is 37.3. The summed E-state index contributed by atoms with van der Waals surface area (Å²) in [5.74, 6) is -2.54. The molecule has 34 nitrogen and oxygen atoms in total. The van der Waals surface area contributed by atoms with Gasteiger partial charge in [-0.05, 0) is 300 Å². The van der Waals surface area contributed by atoms with E-state index in [1.54, 1.807) is 34.6 Å². The fourth-order valence-electron chi connectivity index (χ4n) is 25.1. The van der Waals surface area contributed by atoms with Crippen molar-refractivity contribution in [1.82, 2.24) is 0 Å². The molecule has 24 unspecified atom stereocenters. The molecule has 8 aliphatic heterocycles. The second-order valence-corrected chi connectivity index (χ2v) is 50.8. The van der Waals surface area contributed by atoms with Crippen LogP contribution in [-0.4, -0.2) is 229 Å². The number of aliphatic hydroxyl groups is 2. The molecule has 140 heavy (non-hydrogen) atoms. The zero-order chi connectivity index (χ0) is 103. The summed E-state index contributed by atoms with van der Waals surface area (Å²) < 4.78 is 133. The van der Waals surface area contributed by atoms with Crippen molar-refractivity contribution in [3.63, 3.8) is 0 Å². The summed E-state index contributed by atoms with van der Waals surface area (Å²) in [5.41, 5.74) is -2.70. The van der Waals surface area contributed by atoms with Gasteiger partial charge in [-0.1, -0.05) is 54.0 Å². The maximum atomic E-state index is 12.4. The highest BCUT2D eigenvalue weighted by molar-refractivity contribution is 7.88. The van der Waals surface area contributed by atoms with Crippen LogP contribution < -0.4 is 0 Å². The molecule has 22 aliphatic rings. The van der Waals surface area contributed by atoms with Gasteiger partial charge in [-0.15, -0.1) is 0 Å². The molecular formula is C104H152O34S2. The van der Waals surface area contributed by atoms with E-state index in [2.05, 4.69) is 33.2 Å². The smallest absolute Gasteiger partial charge is 0.344 e. The molecule has 36 heteroatoms. The van der Waals surface area contributed by atoms with Crippen LogP contribution in [-0.2, 0) is 152 Å². The molecule has 14 aliphatic carbocycles. The summed E-state index contributed by atoms with van der Waals surface area (Å²) in [6.45, 7) is 46.5. The van der Waals surface area contributed by atoms with Crippen molar-refractivity contribution in [2.45, 2.75) is 435 Å². The van der Waals surface area contributed by atoms with E-state index >= 15 is 0 Å². The Kier molecular flexibility index (Phi) is 32.3. The topological polar surface area (TPSA) is 461 Å². The lowest BCUT2D eigenvalue weighted by Gasteiger charge is -2.59. The van der Waals surface area contributed by atoms with Crippen molar-refractivity contribution < 1.29 is 159 Å². The average Bonchev–Trinajstić information content (AvgIpc) is 1.47. The molecule has 2 N–H and O–H groups in total. The van der Waals surface area contributed by atoms with Crippen molar-refractivity contribution >= 4 is 91.9 Å². The molecule has 16 bridgehead atoms. The maximum Gasteiger partial charge on any atom is 0.344 e. The average molecular weight is 2010 g/mol. The largest absolute Gasteiger partial charge is 0.459 e. The SMILES string of the molecule is C=C(C)C(=O)OC1(C)CCCC1.C=C(C)C(=O)OC12CC3CC(CC(O)(C3)C1)C2.C=C(C)C(=O)OC1C2CC3C(=O)OC1C3O2.C=C(C)C(=O)OCC(=O)OC1C2CC3C1OS(=O)(=O)C3C2.CCC(C)(C)C(=O)OC1(C)CCCC1.CCC(C)(C)C(=O)OC12CC3CC(CC(O)(C3)C1)C2.CCC(C)(C)C(=O)OC1C2CC3C(=O)OC1C3O2.CCC(C)(C)C(=O)OCC(=O)OC1C2CC3C1OS(=O)(=O)C3C2. The summed E-state index contributed by atoms with van der Waals surface area (Å²) in [6.07, 6.45) is 21.6. The van der Waals surface area contributed by atoms with Gasteiger partial charge in [0.05, 0.1) is 67.4 Å². The maximum absolute atomic E-state index is 12.4. The molecule has 0 spiro atoms. The number of fused-ring (bicyclic) bond motifs is 4. The Morgan fingerprint density at radius 1 is 0.386 bits per heavy atom. The summed E-state index contributed by atoms with van der Waals surface area (Å²) >= 11 is 0. The van der Waals surface area contributed by atoms with Gasteiger partial charge in [-0.25, -0.2) is 28.8 Å². The van der Waals surface area contributed by atoms with Gasteiger partial charge in [0, 0.05) is 58.8 Å². The minimum atomic E-state index is -3.53. The highest BCUT2D eigenvalue weighted by atomic mass is 32.2. The van der Waals surface area contributed by atoms with Gasteiger partial charge < -0.3 is 76.5 Å². The lowest BCUT2D eigenvalue weighted by atomic mass is 9.52. The quantitative estimate of drug-likeness (QED) is 0.0392. The fourth-order valence-corrected chi connectivity index (χ4v) is 28.9. The first-order valence-corrected chi connectivity index (χ1v) is 53.7. The Hall–Kier alpha value is -7.74. The third-order valence-electron chi connectivity index (χ3n) is 33.8. The van der Waals surface area contributed by atoms with Crippen LogP contribution in [0.5, 0.6) is 0 Å². The second kappa shape index (κ2) is 41.3.